The van der Waals surface area contributed by atoms with Gasteiger partial charge < -0.3 is 4.57 Å². The summed E-state index contributed by atoms with van der Waals surface area (Å²) in [7, 11) is 0. The third-order valence-corrected chi connectivity index (χ3v) is 14.4. The Morgan fingerprint density at radius 2 is 1.07 bits per heavy atom. The summed E-state index contributed by atoms with van der Waals surface area (Å²) < 4.78 is 6.79. The molecule has 0 fully saturated rings. The SMILES string of the molecule is CC(C)(C)c1cccc(-c2ccccc2)c1B(c1[c-]c([N+]2=C=[N+](c3c(-c4ccccc4)cccc3-c3ccccc3)c3c2ccc2ccccc32)ccc1)c1[c-]c2c(cc1)c1ccccc1n2-c1ccccn1.[Pt+2]. The van der Waals surface area contributed by atoms with Crippen LogP contribution >= 0.6 is 0 Å². The minimum Gasteiger partial charge on any atom is -0.319 e. The fourth-order valence-corrected chi connectivity index (χ4v) is 11.1. The number of hydrogen-bond donors (Lipinski definition) is 0. The minimum atomic E-state index is -0.288. The van der Waals surface area contributed by atoms with Gasteiger partial charge in [0, 0.05) is 17.8 Å². The van der Waals surface area contributed by atoms with Gasteiger partial charge in [-0.15, -0.1) is 11.5 Å². The third kappa shape index (κ3) is 8.07. The van der Waals surface area contributed by atoms with Crippen molar-refractivity contribution in [3.8, 4) is 39.2 Å². The predicted octanol–water partition coefficient (Wildman–Crippen LogP) is 14.6. The van der Waals surface area contributed by atoms with Gasteiger partial charge in [-0.3, -0.25) is 0 Å². The first-order chi connectivity index (χ1) is 35.9. The van der Waals surface area contributed by atoms with E-state index in [2.05, 4.69) is 283 Å². The number of hydrogen-bond acceptors (Lipinski definition) is 1. The maximum Gasteiger partial charge on any atom is 2.00 e. The molecule has 0 unspecified atom stereocenters. The Morgan fingerprint density at radius 1 is 0.473 bits per heavy atom. The van der Waals surface area contributed by atoms with Crippen LogP contribution in [0.1, 0.15) is 26.3 Å². The van der Waals surface area contributed by atoms with Crippen LogP contribution < -0.4 is 25.5 Å². The van der Waals surface area contributed by atoms with Crippen molar-refractivity contribution in [1.29, 1.82) is 0 Å². The molecule has 3 heterocycles. The van der Waals surface area contributed by atoms with Crippen molar-refractivity contribution in [3.05, 3.63) is 260 Å². The second kappa shape index (κ2) is 19.2. The van der Waals surface area contributed by atoms with Crippen LogP contribution in [0.5, 0.6) is 0 Å². The normalized spacial score (nSPS) is 12.1. The number of benzene rings is 10. The summed E-state index contributed by atoms with van der Waals surface area (Å²) in [6, 6.07) is 97.0. The number of para-hydroxylation sites is 2. The van der Waals surface area contributed by atoms with Crippen molar-refractivity contribution in [2.75, 3.05) is 0 Å². The van der Waals surface area contributed by atoms with Crippen molar-refractivity contribution in [2.45, 2.75) is 26.2 Å². The van der Waals surface area contributed by atoms with E-state index in [0.29, 0.717) is 0 Å². The minimum absolute atomic E-state index is 0. The van der Waals surface area contributed by atoms with Crippen LogP contribution in [0.4, 0.5) is 22.7 Å². The number of aromatic nitrogens is 2. The fourth-order valence-electron chi connectivity index (χ4n) is 11.1. The molecule has 0 spiro atoms. The average Bonchev–Trinajstić information content (AvgIpc) is 4.01. The van der Waals surface area contributed by atoms with Gasteiger partial charge in [-0.25, -0.2) is 4.98 Å². The Hall–Kier alpha value is -8.46. The van der Waals surface area contributed by atoms with Gasteiger partial charge in [0.1, 0.15) is 11.5 Å². The maximum atomic E-state index is 4.90. The average molecular weight is 1130 g/mol. The molecule has 0 radical (unpaired) electrons. The molecule has 10 aromatic carbocycles. The molecule has 0 amide bonds. The Morgan fingerprint density at radius 3 is 1.76 bits per heavy atom. The first-order valence-electron chi connectivity index (χ1n) is 25.1. The zero-order chi connectivity index (χ0) is 49.0. The molecule has 6 heteroatoms. The number of nitrogens with zero attached hydrogens (tertiary/aromatic N) is 4. The molecule has 0 saturated carbocycles. The monoisotopic (exact) mass is 1130 g/mol. The van der Waals surface area contributed by atoms with Crippen LogP contribution in [0.3, 0.4) is 0 Å². The number of fused-ring (bicyclic) bond motifs is 6. The van der Waals surface area contributed by atoms with Crippen LogP contribution in [0, 0.1) is 12.1 Å². The smallest absolute Gasteiger partial charge is 0.319 e. The largest absolute Gasteiger partial charge is 2.00 e. The van der Waals surface area contributed by atoms with Crippen molar-refractivity contribution in [2.24, 2.45) is 0 Å². The number of rotatable bonds is 9. The van der Waals surface area contributed by atoms with Gasteiger partial charge in [0.05, 0.1) is 16.5 Å². The van der Waals surface area contributed by atoms with Crippen molar-refractivity contribution < 1.29 is 21.1 Å². The summed E-state index contributed by atoms with van der Waals surface area (Å²) in [5, 5.41) is 4.59. The zero-order valence-corrected chi connectivity index (χ0v) is 43.5. The van der Waals surface area contributed by atoms with Gasteiger partial charge in [0.15, 0.2) is 6.71 Å². The molecule has 4 nitrogen and oxygen atoms in total. The van der Waals surface area contributed by atoms with Gasteiger partial charge in [-0.2, -0.15) is 41.3 Å². The number of pyridine rings is 1. The van der Waals surface area contributed by atoms with E-state index in [1.165, 1.54) is 16.6 Å². The van der Waals surface area contributed by atoms with Gasteiger partial charge in [-0.05, 0) is 91.0 Å². The summed E-state index contributed by atoms with van der Waals surface area (Å²) in [6.45, 7) is 6.68. The van der Waals surface area contributed by atoms with Crippen molar-refractivity contribution >= 4 is 84.4 Å². The van der Waals surface area contributed by atoms with Crippen LogP contribution in [-0.2, 0) is 26.5 Å². The van der Waals surface area contributed by atoms with E-state index in [-0.39, 0.29) is 33.2 Å². The standard InChI is InChI=1S/C68H49BN4.Pt/c1-68(2,3)60-36-21-33-54(47-22-7-4-8-23-47)65(60)69(52-40-41-59-58-32-15-16-37-61(58)73(63(59)45-52)64-38-17-18-43-70-64)51-29-19-30-53(44-51)71-46-72(67-57-31-14-13-28-50(57)39-42-62(67)71)66-55(48-24-9-5-10-25-48)34-20-35-56(66)49-26-11-6-12-27-49;/h4-43H,1-3H3;/q;+2. The van der Waals surface area contributed by atoms with Crippen LogP contribution in [0.25, 0.3) is 71.8 Å². The van der Waals surface area contributed by atoms with Gasteiger partial charge in [0.2, 0.25) is 5.69 Å². The van der Waals surface area contributed by atoms with E-state index >= 15 is 0 Å². The predicted molar refractivity (Wildman–Crippen MR) is 307 cm³/mol. The Kier molecular flexibility index (Phi) is 12.1. The molecule has 12 aromatic rings. The molecule has 0 saturated heterocycles. The van der Waals surface area contributed by atoms with Gasteiger partial charge >= 0.3 is 32.8 Å². The van der Waals surface area contributed by atoms with Gasteiger partial charge in [0.25, 0.3) is 5.69 Å². The fraction of sp³-hybridized carbons (Fsp3) is 0.0588. The van der Waals surface area contributed by atoms with E-state index in [1.807, 2.05) is 12.3 Å². The first-order valence-corrected chi connectivity index (χ1v) is 25.1. The molecule has 1 aliphatic heterocycles. The Bertz CT molecular complexity index is 4100. The Balaban J connectivity index is 0.00000556. The molecule has 0 aliphatic carbocycles. The van der Waals surface area contributed by atoms with Crippen molar-refractivity contribution in [3.63, 3.8) is 0 Å². The van der Waals surface area contributed by atoms with E-state index < -0.39 is 0 Å². The molecule has 352 valence electrons. The quantitative estimate of drug-likeness (QED) is 0.0803. The summed E-state index contributed by atoms with van der Waals surface area (Å²) in [5.41, 5.74) is 17.3. The molecule has 0 N–H and O–H groups in total. The topological polar surface area (TPSA) is 23.8 Å². The van der Waals surface area contributed by atoms with Gasteiger partial charge in [-0.1, -0.05) is 200 Å². The summed E-state index contributed by atoms with van der Waals surface area (Å²) in [4.78, 5) is 4.90. The van der Waals surface area contributed by atoms with Crippen LogP contribution in [-0.4, -0.2) is 22.3 Å². The van der Waals surface area contributed by atoms with Crippen molar-refractivity contribution in [1.82, 2.24) is 18.7 Å². The summed E-state index contributed by atoms with van der Waals surface area (Å²) in [6.07, 6.45) is 1.87. The van der Waals surface area contributed by atoms with Crippen LogP contribution in [0.15, 0.2) is 243 Å². The van der Waals surface area contributed by atoms with Crippen LogP contribution in [0.2, 0.25) is 0 Å². The zero-order valence-electron chi connectivity index (χ0n) is 41.3. The Labute approximate surface area is 447 Å². The summed E-state index contributed by atoms with van der Waals surface area (Å²) >= 11 is 0. The van der Waals surface area contributed by atoms with E-state index in [4.69, 9.17) is 4.98 Å². The second-order valence-electron chi connectivity index (χ2n) is 19.9. The second-order valence-corrected chi connectivity index (χ2v) is 19.9. The van der Waals surface area contributed by atoms with E-state index in [0.717, 1.165) is 99.9 Å². The molecule has 2 aromatic heterocycles. The molecule has 74 heavy (non-hydrogen) atoms. The summed E-state index contributed by atoms with van der Waals surface area (Å²) in [5.74, 6) is 0.854. The maximum absolute atomic E-state index is 4.90. The molecular weight excluding hydrogens is 1080 g/mol. The molecular formula is C68H49BN4Pt+2. The molecule has 13 rings (SSSR count). The third-order valence-electron chi connectivity index (χ3n) is 14.4. The molecule has 0 bridgehead atoms. The van der Waals surface area contributed by atoms with E-state index in [9.17, 15) is 0 Å². The molecule has 1 aliphatic rings. The van der Waals surface area contributed by atoms with E-state index in [1.54, 1.807) is 0 Å². The molecule has 0 atom stereocenters. The first kappa shape index (κ1) is 46.6.